The van der Waals surface area contributed by atoms with E-state index in [1.807, 2.05) is 36.4 Å². The summed E-state index contributed by atoms with van der Waals surface area (Å²) in [6.45, 7) is 0.180. The number of carboxylic acid groups (broad SMARTS) is 2. The van der Waals surface area contributed by atoms with Gasteiger partial charge < -0.3 is 25.7 Å². The molecule has 0 fully saturated rings. The molecule has 4 rings (SSSR count). The molecule has 10 heteroatoms. The number of carbonyl (C=O) groups excluding carboxylic acids is 1. The van der Waals surface area contributed by atoms with E-state index in [9.17, 15) is 34.8 Å². The lowest BCUT2D eigenvalue weighted by Gasteiger charge is -2.11. The first kappa shape index (κ1) is 26.7. The summed E-state index contributed by atoms with van der Waals surface area (Å²) < 4.78 is 0. The predicted octanol–water partition coefficient (Wildman–Crippen LogP) is 4.88. The van der Waals surface area contributed by atoms with Crippen LogP contribution in [0.25, 0.3) is 0 Å². The molecule has 0 aliphatic rings. The number of hydrogen-bond acceptors (Lipinski definition) is 7. The van der Waals surface area contributed by atoms with Gasteiger partial charge in [0, 0.05) is 5.69 Å². The van der Waals surface area contributed by atoms with Crippen LogP contribution in [0.5, 0.6) is 11.5 Å². The van der Waals surface area contributed by atoms with Gasteiger partial charge in [0.05, 0.1) is 29.0 Å². The van der Waals surface area contributed by atoms with Crippen LogP contribution < -0.4 is 10.8 Å². The summed E-state index contributed by atoms with van der Waals surface area (Å²) in [5, 5.41) is 40.2. The number of hydrogen-bond donors (Lipinski definition) is 6. The van der Waals surface area contributed by atoms with Crippen LogP contribution in [0.3, 0.4) is 0 Å². The molecule has 0 saturated heterocycles. The number of benzene rings is 4. The third-order valence-corrected chi connectivity index (χ3v) is 5.78. The molecule has 0 heterocycles. The molecule has 0 spiro atoms. The quantitative estimate of drug-likeness (QED) is 0.124. The van der Waals surface area contributed by atoms with E-state index in [1.165, 1.54) is 24.3 Å². The molecule has 6 N–H and O–H groups in total. The maximum absolute atomic E-state index is 12.6. The number of aromatic carboxylic acids is 2. The van der Waals surface area contributed by atoms with Gasteiger partial charge in [0.1, 0.15) is 11.5 Å². The Kier molecular flexibility index (Phi) is 8.08. The number of carbonyl (C=O) groups is 3. The van der Waals surface area contributed by atoms with Crippen molar-refractivity contribution in [3.63, 3.8) is 0 Å². The number of anilines is 2. The maximum Gasteiger partial charge on any atom is 0.338 e. The summed E-state index contributed by atoms with van der Waals surface area (Å²) in [5.41, 5.74) is 5.73. The van der Waals surface area contributed by atoms with Gasteiger partial charge in [-0.25, -0.2) is 9.59 Å². The van der Waals surface area contributed by atoms with Crippen LogP contribution in [0, 0.1) is 0 Å². The van der Waals surface area contributed by atoms with Gasteiger partial charge in [0.2, 0.25) is 0 Å². The number of phenolic OH excluding ortho intramolecular Hbond substituents is 2. The van der Waals surface area contributed by atoms with Crippen molar-refractivity contribution in [2.75, 3.05) is 10.8 Å². The Balaban J connectivity index is 1.31. The average Bonchev–Trinajstić information content (AvgIpc) is 2.91. The molecule has 0 bridgehead atoms. The first-order valence-corrected chi connectivity index (χ1v) is 11.7. The lowest BCUT2D eigenvalue weighted by molar-refractivity contribution is 0.0684. The Morgan fingerprint density at radius 2 is 1.18 bits per heavy atom. The monoisotopic (exact) mass is 528 g/mol. The van der Waals surface area contributed by atoms with Crippen molar-refractivity contribution in [2.45, 2.75) is 13.0 Å². The van der Waals surface area contributed by atoms with E-state index >= 15 is 0 Å². The highest BCUT2D eigenvalue weighted by Gasteiger charge is 2.17. The predicted molar refractivity (Wildman–Crippen MR) is 142 cm³/mol. The third-order valence-electron chi connectivity index (χ3n) is 5.78. The standard InChI is InChI=1S/C29H24N2O8/c32-21-9-11-23(24(14-21)28(35)36)27(34)30-20-7-5-18(6-8-20)13-17-1-3-19(4-2-17)16-39-31-26-12-10-22(33)15-25(26)29(37)38/h1-12,14-15,31-33H,13,16H2,(H,30,34)(H,35,36)(H,37,38). The van der Waals surface area contributed by atoms with Crippen LogP contribution >= 0.6 is 0 Å². The molecule has 4 aromatic rings. The fourth-order valence-corrected chi connectivity index (χ4v) is 3.80. The van der Waals surface area contributed by atoms with Gasteiger partial charge >= 0.3 is 11.9 Å². The van der Waals surface area contributed by atoms with E-state index in [0.717, 1.165) is 28.8 Å². The van der Waals surface area contributed by atoms with Gasteiger partial charge in [-0.2, -0.15) is 0 Å². The van der Waals surface area contributed by atoms with E-state index in [-0.39, 0.29) is 40.5 Å². The summed E-state index contributed by atoms with van der Waals surface area (Å²) in [5.74, 6) is -3.51. The van der Waals surface area contributed by atoms with Crippen molar-refractivity contribution < 1.29 is 39.6 Å². The van der Waals surface area contributed by atoms with Crippen LogP contribution in [0.15, 0.2) is 84.9 Å². The molecular formula is C29H24N2O8. The second-order valence-corrected chi connectivity index (χ2v) is 8.61. The molecule has 39 heavy (non-hydrogen) atoms. The minimum absolute atomic E-state index is 0.0611. The van der Waals surface area contributed by atoms with E-state index in [1.54, 1.807) is 12.1 Å². The molecule has 0 unspecified atom stereocenters. The van der Waals surface area contributed by atoms with Crippen molar-refractivity contribution in [2.24, 2.45) is 0 Å². The zero-order chi connectivity index (χ0) is 27.9. The molecule has 10 nitrogen and oxygen atoms in total. The summed E-state index contributed by atoms with van der Waals surface area (Å²) in [4.78, 5) is 40.7. The normalized spacial score (nSPS) is 10.6. The lowest BCUT2D eigenvalue weighted by atomic mass is 10.0. The number of phenols is 2. The van der Waals surface area contributed by atoms with E-state index in [2.05, 4.69) is 10.8 Å². The fourth-order valence-electron chi connectivity index (χ4n) is 3.80. The number of amides is 1. The first-order valence-electron chi connectivity index (χ1n) is 11.7. The Hall–Kier alpha value is -5.35. The summed E-state index contributed by atoms with van der Waals surface area (Å²) >= 11 is 0. The van der Waals surface area contributed by atoms with Crippen molar-refractivity contribution in [3.05, 3.63) is 118 Å². The molecule has 0 radical (unpaired) electrons. The van der Waals surface area contributed by atoms with Crippen molar-refractivity contribution >= 4 is 29.2 Å². The van der Waals surface area contributed by atoms with Gasteiger partial charge in [-0.1, -0.05) is 36.4 Å². The first-order chi connectivity index (χ1) is 18.7. The van der Waals surface area contributed by atoms with E-state index in [4.69, 9.17) is 4.84 Å². The highest BCUT2D eigenvalue weighted by molar-refractivity contribution is 6.10. The SMILES string of the molecule is O=C(O)c1cc(O)ccc1NOCc1ccc(Cc2ccc(NC(=O)c3ccc(O)cc3C(=O)O)cc2)cc1. The van der Waals surface area contributed by atoms with E-state index < -0.39 is 17.8 Å². The number of rotatable bonds is 10. The van der Waals surface area contributed by atoms with Gasteiger partial charge in [-0.3, -0.25) is 15.1 Å². The minimum atomic E-state index is -1.31. The van der Waals surface area contributed by atoms with Gasteiger partial charge in [0.15, 0.2) is 0 Å². The van der Waals surface area contributed by atoms with Gasteiger partial charge in [-0.15, -0.1) is 0 Å². The maximum atomic E-state index is 12.6. The zero-order valence-corrected chi connectivity index (χ0v) is 20.4. The van der Waals surface area contributed by atoms with Gasteiger partial charge in [0.25, 0.3) is 5.91 Å². The number of aromatic hydroxyl groups is 2. The zero-order valence-electron chi connectivity index (χ0n) is 20.4. The number of carboxylic acids is 2. The summed E-state index contributed by atoms with van der Waals surface area (Å²) in [6.07, 6.45) is 0.629. The highest BCUT2D eigenvalue weighted by Crippen LogP contribution is 2.22. The second-order valence-electron chi connectivity index (χ2n) is 8.61. The summed E-state index contributed by atoms with van der Waals surface area (Å²) in [6, 6.07) is 22.2. The smallest absolute Gasteiger partial charge is 0.338 e. The minimum Gasteiger partial charge on any atom is -0.508 e. The fraction of sp³-hybridized carbons (Fsp3) is 0.0690. The number of nitrogens with one attached hydrogen (secondary N) is 2. The van der Waals surface area contributed by atoms with Crippen LogP contribution in [0.1, 0.15) is 47.8 Å². The molecule has 0 saturated carbocycles. The molecular weight excluding hydrogens is 504 g/mol. The molecule has 0 aliphatic carbocycles. The van der Waals surface area contributed by atoms with Crippen LogP contribution in [0.2, 0.25) is 0 Å². The molecule has 1 amide bonds. The average molecular weight is 529 g/mol. The van der Waals surface area contributed by atoms with Crippen molar-refractivity contribution in [1.29, 1.82) is 0 Å². The largest absolute Gasteiger partial charge is 0.508 e. The molecule has 0 aliphatic heterocycles. The van der Waals surface area contributed by atoms with Crippen LogP contribution in [-0.2, 0) is 17.9 Å². The van der Waals surface area contributed by atoms with Gasteiger partial charge in [-0.05, 0) is 71.6 Å². The lowest BCUT2D eigenvalue weighted by Crippen LogP contribution is -2.16. The third kappa shape index (κ3) is 6.90. The molecule has 198 valence electrons. The molecule has 0 atom stereocenters. The topological polar surface area (TPSA) is 165 Å². The van der Waals surface area contributed by atoms with Crippen molar-refractivity contribution in [1.82, 2.24) is 0 Å². The molecule has 0 aromatic heterocycles. The molecule has 4 aromatic carbocycles. The Bertz CT molecular complexity index is 1520. The van der Waals surface area contributed by atoms with Crippen molar-refractivity contribution in [3.8, 4) is 11.5 Å². The Labute approximate surface area is 222 Å². The Morgan fingerprint density at radius 3 is 1.79 bits per heavy atom. The highest BCUT2D eigenvalue weighted by atomic mass is 16.6. The van der Waals surface area contributed by atoms with Crippen LogP contribution in [0.4, 0.5) is 11.4 Å². The summed E-state index contributed by atoms with van der Waals surface area (Å²) in [7, 11) is 0. The Morgan fingerprint density at radius 1 is 0.641 bits per heavy atom. The van der Waals surface area contributed by atoms with E-state index in [0.29, 0.717) is 12.1 Å². The second kappa shape index (κ2) is 11.8. The van der Waals surface area contributed by atoms with Crippen LogP contribution in [-0.4, -0.2) is 38.3 Å².